The van der Waals surface area contributed by atoms with Gasteiger partial charge in [0.25, 0.3) is 0 Å². The second kappa shape index (κ2) is 6.22. The van der Waals surface area contributed by atoms with E-state index in [1.54, 1.807) is 0 Å². The molecule has 0 fully saturated rings. The number of hydrogen-bond acceptors (Lipinski definition) is 1. The molecule has 0 aliphatic carbocycles. The van der Waals surface area contributed by atoms with Crippen molar-refractivity contribution in [2.75, 3.05) is 0 Å². The van der Waals surface area contributed by atoms with Crippen LogP contribution in [-0.2, 0) is 4.79 Å². The van der Waals surface area contributed by atoms with Gasteiger partial charge >= 0.3 is 0 Å². The Hall–Kier alpha value is -1.32. The topological polar surface area (TPSA) is 17.1 Å². The fraction of sp³-hybridized carbons (Fsp3) is 0.222. The van der Waals surface area contributed by atoms with Gasteiger partial charge in [-0.3, -0.25) is 0 Å². The predicted octanol–water partition coefficient (Wildman–Crippen LogP) is 2.70. The van der Waals surface area contributed by atoms with Crippen LogP contribution in [-0.4, -0.2) is 6.29 Å². The minimum Gasteiger partial charge on any atom is -0.303 e. The lowest BCUT2D eigenvalue weighted by Crippen LogP contribution is -1.86. The van der Waals surface area contributed by atoms with Crippen LogP contribution >= 0.6 is 0 Å². The lowest BCUT2D eigenvalue weighted by atomic mass is 10.3. The summed E-state index contributed by atoms with van der Waals surface area (Å²) in [6, 6.07) is 2.82. The van der Waals surface area contributed by atoms with Gasteiger partial charge in [-0.05, 0) is 12.1 Å². The first kappa shape index (κ1) is 11.7. The van der Waals surface area contributed by atoms with Crippen molar-refractivity contribution in [3.05, 3.63) is 35.7 Å². The van der Waals surface area contributed by atoms with Crippen LogP contribution in [0, 0.1) is 17.5 Å². The molecule has 0 aromatic heterocycles. The standard InChI is InChI=1S/C6H3F3.C3H6O/c7-4-2-1-3-5(8)6(4)9;1-2-3-4/h1-3H;3H,2H2,1H3. The molecule has 0 N–H and O–H groups in total. The maximum atomic E-state index is 12.0. The maximum Gasteiger partial charge on any atom is 0.194 e. The minimum absolute atomic E-state index is 0.639. The Labute approximate surface area is 74.2 Å². The lowest BCUT2D eigenvalue weighted by molar-refractivity contribution is -0.107. The van der Waals surface area contributed by atoms with Gasteiger partial charge in [0.2, 0.25) is 0 Å². The van der Waals surface area contributed by atoms with E-state index in [1.807, 2.05) is 6.92 Å². The van der Waals surface area contributed by atoms with E-state index in [0.29, 0.717) is 6.42 Å². The normalized spacial score (nSPS) is 8.62. The van der Waals surface area contributed by atoms with Gasteiger partial charge in [-0.25, -0.2) is 13.2 Å². The second-order valence-corrected chi connectivity index (χ2v) is 2.11. The molecule has 1 aromatic rings. The SMILES string of the molecule is CCC=O.Fc1cccc(F)c1F. The van der Waals surface area contributed by atoms with Crippen LogP contribution in [0.5, 0.6) is 0 Å². The van der Waals surface area contributed by atoms with Crippen LogP contribution in [0.1, 0.15) is 13.3 Å². The fourth-order valence-electron chi connectivity index (χ4n) is 0.477. The molecule has 0 aliphatic rings. The van der Waals surface area contributed by atoms with E-state index in [-0.39, 0.29) is 0 Å². The number of aldehydes is 1. The Balaban J connectivity index is 0.000000310. The fourth-order valence-corrected chi connectivity index (χ4v) is 0.477. The average Bonchev–Trinajstić information content (AvgIpc) is 2.14. The summed E-state index contributed by atoms with van der Waals surface area (Å²) in [4.78, 5) is 9.17. The van der Waals surface area contributed by atoms with E-state index in [4.69, 9.17) is 0 Å². The van der Waals surface area contributed by atoms with E-state index < -0.39 is 17.5 Å². The van der Waals surface area contributed by atoms with Crippen molar-refractivity contribution < 1.29 is 18.0 Å². The van der Waals surface area contributed by atoms with E-state index in [1.165, 1.54) is 0 Å². The first-order chi connectivity index (χ1) is 6.13. The van der Waals surface area contributed by atoms with Crippen LogP contribution in [0.3, 0.4) is 0 Å². The van der Waals surface area contributed by atoms with Gasteiger partial charge in [-0.15, -0.1) is 0 Å². The number of benzene rings is 1. The van der Waals surface area contributed by atoms with E-state index in [0.717, 1.165) is 24.5 Å². The van der Waals surface area contributed by atoms with Crippen LogP contribution in [0.2, 0.25) is 0 Å². The predicted molar refractivity (Wildman–Crippen MR) is 42.7 cm³/mol. The molecule has 0 radical (unpaired) electrons. The highest BCUT2D eigenvalue weighted by molar-refractivity contribution is 5.48. The molecule has 0 saturated heterocycles. The molecule has 0 aliphatic heterocycles. The zero-order valence-electron chi connectivity index (χ0n) is 7.06. The first-order valence-corrected chi connectivity index (χ1v) is 3.66. The quantitative estimate of drug-likeness (QED) is 0.491. The number of halogens is 3. The molecule has 13 heavy (non-hydrogen) atoms. The van der Waals surface area contributed by atoms with Gasteiger partial charge in [0.15, 0.2) is 17.5 Å². The summed E-state index contributed by atoms with van der Waals surface area (Å²) in [6.45, 7) is 1.81. The van der Waals surface area contributed by atoms with Crippen LogP contribution in [0.15, 0.2) is 18.2 Å². The summed E-state index contributed by atoms with van der Waals surface area (Å²) in [7, 11) is 0. The molecule has 72 valence electrons. The van der Waals surface area contributed by atoms with Gasteiger partial charge in [-0.2, -0.15) is 0 Å². The molecule has 0 unspecified atom stereocenters. The minimum atomic E-state index is -1.42. The van der Waals surface area contributed by atoms with Gasteiger partial charge < -0.3 is 4.79 Å². The second-order valence-electron chi connectivity index (χ2n) is 2.11. The van der Waals surface area contributed by atoms with Crippen molar-refractivity contribution in [2.45, 2.75) is 13.3 Å². The number of carbonyl (C=O) groups is 1. The Bertz CT molecular complexity index is 253. The summed E-state index contributed by atoms with van der Waals surface area (Å²) < 4.78 is 35.9. The first-order valence-electron chi connectivity index (χ1n) is 3.66. The van der Waals surface area contributed by atoms with Crippen molar-refractivity contribution >= 4 is 6.29 Å². The molecule has 1 nitrogen and oxygen atoms in total. The van der Waals surface area contributed by atoms with E-state index >= 15 is 0 Å². The van der Waals surface area contributed by atoms with Crippen LogP contribution < -0.4 is 0 Å². The molecule has 0 saturated carbocycles. The molecular formula is C9H9F3O. The number of carbonyl (C=O) groups excluding carboxylic acids is 1. The van der Waals surface area contributed by atoms with Crippen molar-refractivity contribution in [2.24, 2.45) is 0 Å². The van der Waals surface area contributed by atoms with Gasteiger partial charge in [0.05, 0.1) is 0 Å². The van der Waals surface area contributed by atoms with E-state index in [2.05, 4.69) is 0 Å². The Kier molecular flexibility index (Phi) is 5.59. The molecule has 0 amide bonds. The Morgan fingerprint density at radius 1 is 1.23 bits per heavy atom. The zero-order valence-corrected chi connectivity index (χ0v) is 7.06. The molecule has 0 spiro atoms. The van der Waals surface area contributed by atoms with Crippen molar-refractivity contribution in [3.63, 3.8) is 0 Å². The van der Waals surface area contributed by atoms with Gasteiger partial charge in [0.1, 0.15) is 6.29 Å². The molecular weight excluding hydrogens is 181 g/mol. The van der Waals surface area contributed by atoms with Crippen molar-refractivity contribution in [1.82, 2.24) is 0 Å². The maximum absolute atomic E-state index is 12.0. The molecule has 1 rings (SSSR count). The third kappa shape index (κ3) is 4.30. The summed E-state index contributed by atoms with van der Waals surface area (Å²) >= 11 is 0. The summed E-state index contributed by atoms with van der Waals surface area (Å²) in [6.07, 6.45) is 1.51. The summed E-state index contributed by atoms with van der Waals surface area (Å²) in [5.41, 5.74) is 0. The van der Waals surface area contributed by atoms with Crippen LogP contribution in [0.4, 0.5) is 13.2 Å². The highest BCUT2D eigenvalue weighted by Crippen LogP contribution is 2.07. The smallest absolute Gasteiger partial charge is 0.194 e. The summed E-state index contributed by atoms with van der Waals surface area (Å²) in [5.74, 6) is -3.73. The number of rotatable bonds is 1. The zero-order chi connectivity index (χ0) is 10.3. The third-order valence-electron chi connectivity index (χ3n) is 1.07. The number of hydrogen-bond donors (Lipinski definition) is 0. The van der Waals surface area contributed by atoms with Crippen molar-refractivity contribution in [1.29, 1.82) is 0 Å². The molecule has 1 aromatic carbocycles. The highest BCUT2D eigenvalue weighted by atomic mass is 19.2. The highest BCUT2D eigenvalue weighted by Gasteiger charge is 2.04. The molecule has 0 atom stereocenters. The van der Waals surface area contributed by atoms with Gasteiger partial charge in [-0.1, -0.05) is 13.0 Å². The van der Waals surface area contributed by atoms with E-state index in [9.17, 15) is 18.0 Å². The third-order valence-corrected chi connectivity index (χ3v) is 1.07. The summed E-state index contributed by atoms with van der Waals surface area (Å²) in [5, 5.41) is 0. The average molecular weight is 190 g/mol. The molecule has 4 heteroatoms. The lowest BCUT2D eigenvalue weighted by Gasteiger charge is -1.90. The monoisotopic (exact) mass is 190 g/mol. The molecule has 0 heterocycles. The molecule has 0 bridgehead atoms. The van der Waals surface area contributed by atoms with Crippen molar-refractivity contribution in [3.8, 4) is 0 Å². The largest absolute Gasteiger partial charge is 0.303 e. The van der Waals surface area contributed by atoms with Crippen LogP contribution in [0.25, 0.3) is 0 Å². The van der Waals surface area contributed by atoms with Gasteiger partial charge in [0, 0.05) is 6.42 Å². The Morgan fingerprint density at radius 3 is 1.85 bits per heavy atom. The Morgan fingerprint density at radius 2 is 1.62 bits per heavy atom.